The number of hydrogen-bond donors (Lipinski definition) is 2. The van der Waals surface area contributed by atoms with Gasteiger partial charge in [0.2, 0.25) is 0 Å². The second kappa shape index (κ2) is 6.02. The normalized spacial score (nSPS) is 28.6. The summed E-state index contributed by atoms with van der Waals surface area (Å²) in [6.07, 6.45) is 4.89. The molecule has 5 heterocycles. The summed E-state index contributed by atoms with van der Waals surface area (Å²) in [6, 6.07) is 6.56. The van der Waals surface area contributed by atoms with E-state index in [2.05, 4.69) is 37.4 Å². The Kier molecular flexibility index (Phi) is 3.66. The van der Waals surface area contributed by atoms with E-state index in [4.69, 9.17) is 0 Å². The molecule has 0 saturated carbocycles. The second-order valence-corrected chi connectivity index (χ2v) is 7.71. The third-order valence-corrected chi connectivity index (χ3v) is 6.21. The van der Waals surface area contributed by atoms with Crippen LogP contribution in [0.2, 0.25) is 0 Å². The van der Waals surface area contributed by atoms with Gasteiger partial charge in [0.15, 0.2) is 5.69 Å². The molecule has 0 unspecified atom stereocenters. The molecule has 6 heteroatoms. The van der Waals surface area contributed by atoms with Crippen LogP contribution in [-0.4, -0.2) is 59.8 Å². The number of aromatic nitrogens is 2. The van der Waals surface area contributed by atoms with Crippen LogP contribution in [-0.2, 0) is 0 Å². The van der Waals surface area contributed by atoms with Crippen LogP contribution in [0.4, 0.5) is 5.69 Å². The standard InChI is InChI=1S/C19H25N5O/c25-19(20-17-12-23-9-5-13(17)6-10-23)18-15-11-14(24-7-1-2-8-24)3-4-16(15)21-22-18/h3-4,11,13,17H,1-2,5-10,12H2,(H,20,25)(H,21,22)/t17-/m0/s1. The van der Waals surface area contributed by atoms with E-state index in [1.807, 2.05) is 6.07 Å². The van der Waals surface area contributed by atoms with Crippen LogP contribution < -0.4 is 10.2 Å². The van der Waals surface area contributed by atoms with Gasteiger partial charge >= 0.3 is 0 Å². The van der Waals surface area contributed by atoms with Gasteiger partial charge in [0, 0.05) is 36.7 Å². The molecule has 1 atom stereocenters. The maximum atomic E-state index is 12.9. The van der Waals surface area contributed by atoms with Crippen molar-refractivity contribution in [1.29, 1.82) is 0 Å². The molecule has 0 spiro atoms. The van der Waals surface area contributed by atoms with E-state index in [-0.39, 0.29) is 11.9 Å². The minimum Gasteiger partial charge on any atom is -0.372 e. The van der Waals surface area contributed by atoms with Crippen molar-refractivity contribution >= 4 is 22.5 Å². The van der Waals surface area contributed by atoms with Gasteiger partial charge in [-0.05, 0) is 62.9 Å². The number of amides is 1. The minimum atomic E-state index is -0.0384. The van der Waals surface area contributed by atoms with E-state index in [1.165, 1.54) is 44.5 Å². The van der Waals surface area contributed by atoms with Crippen LogP contribution in [0.15, 0.2) is 18.2 Å². The number of nitrogens with zero attached hydrogens (tertiary/aromatic N) is 3. The molecule has 4 aliphatic heterocycles. The smallest absolute Gasteiger partial charge is 0.272 e. The lowest BCUT2D eigenvalue weighted by Gasteiger charge is -2.44. The number of rotatable bonds is 3. The van der Waals surface area contributed by atoms with Crippen molar-refractivity contribution in [2.75, 3.05) is 37.6 Å². The minimum absolute atomic E-state index is 0.0384. The molecular weight excluding hydrogens is 314 g/mol. The highest BCUT2D eigenvalue weighted by atomic mass is 16.2. The van der Waals surface area contributed by atoms with E-state index in [1.54, 1.807) is 0 Å². The highest BCUT2D eigenvalue weighted by Gasteiger charge is 2.35. The van der Waals surface area contributed by atoms with Gasteiger partial charge in [0.1, 0.15) is 0 Å². The summed E-state index contributed by atoms with van der Waals surface area (Å²) in [5.74, 6) is 0.586. The summed E-state index contributed by atoms with van der Waals surface area (Å²) < 4.78 is 0. The molecule has 4 saturated heterocycles. The van der Waals surface area contributed by atoms with Crippen LogP contribution in [0, 0.1) is 5.92 Å². The van der Waals surface area contributed by atoms with Crippen LogP contribution in [0.25, 0.3) is 10.9 Å². The first kappa shape index (κ1) is 15.2. The van der Waals surface area contributed by atoms with E-state index in [9.17, 15) is 4.79 Å². The number of hydrogen-bond acceptors (Lipinski definition) is 4. The largest absolute Gasteiger partial charge is 0.372 e. The zero-order valence-corrected chi connectivity index (χ0v) is 14.5. The number of piperidine rings is 3. The summed E-state index contributed by atoms with van der Waals surface area (Å²) in [5.41, 5.74) is 2.66. The number of nitrogens with one attached hydrogen (secondary N) is 2. The van der Waals surface area contributed by atoms with E-state index >= 15 is 0 Å². The highest BCUT2D eigenvalue weighted by molar-refractivity contribution is 6.05. The molecule has 1 aromatic heterocycles. The maximum Gasteiger partial charge on any atom is 0.272 e. The van der Waals surface area contributed by atoms with Gasteiger partial charge in [-0.3, -0.25) is 9.89 Å². The number of anilines is 1. The van der Waals surface area contributed by atoms with Crippen LogP contribution >= 0.6 is 0 Å². The summed E-state index contributed by atoms with van der Waals surface area (Å²) in [6.45, 7) is 5.55. The van der Waals surface area contributed by atoms with Crippen molar-refractivity contribution < 1.29 is 4.79 Å². The number of H-pyrrole nitrogens is 1. The Hall–Kier alpha value is -2.08. The summed E-state index contributed by atoms with van der Waals surface area (Å²) in [4.78, 5) is 17.7. The zero-order valence-electron chi connectivity index (χ0n) is 14.5. The van der Waals surface area contributed by atoms with Crippen molar-refractivity contribution in [1.82, 2.24) is 20.4 Å². The van der Waals surface area contributed by atoms with Gasteiger partial charge < -0.3 is 15.1 Å². The van der Waals surface area contributed by atoms with E-state index in [0.29, 0.717) is 11.6 Å². The fourth-order valence-electron chi connectivity index (χ4n) is 4.71. The summed E-state index contributed by atoms with van der Waals surface area (Å²) in [5, 5.41) is 11.5. The summed E-state index contributed by atoms with van der Waals surface area (Å²) >= 11 is 0. The number of carbonyl (C=O) groups is 1. The first-order chi connectivity index (χ1) is 12.3. The number of benzene rings is 1. The fraction of sp³-hybridized carbons (Fsp3) is 0.579. The molecular formula is C19H25N5O. The molecule has 2 aromatic rings. The van der Waals surface area contributed by atoms with E-state index < -0.39 is 0 Å². The monoisotopic (exact) mass is 339 g/mol. The third-order valence-electron chi connectivity index (χ3n) is 6.21. The fourth-order valence-corrected chi connectivity index (χ4v) is 4.71. The Morgan fingerprint density at radius 3 is 2.68 bits per heavy atom. The average Bonchev–Trinajstić information content (AvgIpc) is 3.32. The number of carbonyl (C=O) groups excluding carboxylic acids is 1. The lowest BCUT2D eigenvalue weighted by Crippen LogP contribution is -2.57. The molecule has 1 amide bonds. The van der Waals surface area contributed by atoms with Crippen molar-refractivity contribution in [2.45, 2.75) is 31.7 Å². The molecule has 25 heavy (non-hydrogen) atoms. The Morgan fingerprint density at radius 1 is 1.16 bits per heavy atom. The molecule has 2 bridgehead atoms. The van der Waals surface area contributed by atoms with E-state index in [0.717, 1.165) is 30.5 Å². The van der Waals surface area contributed by atoms with Gasteiger partial charge in [-0.25, -0.2) is 0 Å². The summed E-state index contributed by atoms with van der Waals surface area (Å²) in [7, 11) is 0. The SMILES string of the molecule is O=C(N[C@H]1CN2CCC1CC2)c1n[nH]c2ccc(N3CCCC3)cc12. The molecule has 4 fully saturated rings. The lowest BCUT2D eigenvalue weighted by molar-refractivity contribution is 0.0618. The molecule has 132 valence electrons. The predicted molar refractivity (Wildman–Crippen MR) is 98.0 cm³/mol. The quantitative estimate of drug-likeness (QED) is 0.898. The third kappa shape index (κ3) is 2.68. The van der Waals surface area contributed by atoms with Crippen LogP contribution in [0.5, 0.6) is 0 Å². The number of aromatic amines is 1. The Labute approximate surface area is 147 Å². The molecule has 0 aliphatic carbocycles. The van der Waals surface area contributed by atoms with Crippen molar-refractivity contribution in [3.8, 4) is 0 Å². The van der Waals surface area contributed by atoms with Crippen molar-refractivity contribution in [3.63, 3.8) is 0 Å². The molecule has 2 N–H and O–H groups in total. The Balaban J connectivity index is 1.39. The van der Waals surface area contributed by atoms with Crippen LogP contribution in [0.3, 0.4) is 0 Å². The Morgan fingerprint density at radius 2 is 1.96 bits per heavy atom. The van der Waals surface area contributed by atoms with Gasteiger partial charge in [-0.15, -0.1) is 0 Å². The first-order valence-electron chi connectivity index (χ1n) is 9.54. The first-order valence-corrected chi connectivity index (χ1v) is 9.54. The molecule has 6 nitrogen and oxygen atoms in total. The zero-order chi connectivity index (χ0) is 16.8. The Bertz CT molecular complexity index is 786. The van der Waals surface area contributed by atoms with Crippen molar-refractivity contribution in [2.24, 2.45) is 5.92 Å². The van der Waals surface area contributed by atoms with Gasteiger partial charge in [-0.2, -0.15) is 5.10 Å². The van der Waals surface area contributed by atoms with Gasteiger partial charge in [0.25, 0.3) is 5.91 Å². The van der Waals surface area contributed by atoms with Gasteiger partial charge in [-0.1, -0.05) is 0 Å². The molecule has 6 rings (SSSR count). The molecule has 4 aliphatic rings. The molecule has 0 radical (unpaired) electrons. The maximum absolute atomic E-state index is 12.9. The lowest BCUT2D eigenvalue weighted by atomic mass is 9.84. The number of fused-ring (bicyclic) bond motifs is 4. The van der Waals surface area contributed by atoms with Crippen molar-refractivity contribution in [3.05, 3.63) is 23.9 Å². The molecule has 1 aromatic carbocycles. The topological polar surface area (TPSA) is 64.3 Å². The highest BCUT2D eigenvalue weighted by Crippen LogP contribution is 2.29. The second-order valence-electron chi connectivity index (χ2n) is 7.71. The average molecular weight is 339 g/mol. The van der Waals surface area contributed by atoms with Gasteiger partial charge in [0.05, 0.1) is 5.52 Å². The van der Waals surface area contributed by atoms with Crippen LogP contribution in [0.1, 0.15) is 36.2 Å². The predicted octanol–water partition coefficient (Wildman–Crippen LogP) is 1.99.